The number of aliphatic hydroxyl groups is 1. The molecule has 1 saturated heterocycles. The Morgan fingerprint density at radius 3 is 2.78 bits per heavy atom. The molecular weight excluding hydrogens is 317 g/mol. The predicted octanol–water partition coefficient (Wildman–Crippen LogP) is 1.41. The van der Waals surface area contributed by atoms with Crippen molar-refractivity contribution in [3.05, 3.63) is 41.0 Å². The highest BCUT2D eigenvalue weighted by atomic mass is 32.1. The first-order valence-electron chi connectivity index (χ1n) is 7.39. The number of thiazole rings is 1. The van der Waals surface area contributed by atoms with Crippen LogP contribution in [0.4, 0.5) is 4.39 Å². The second kappa shape index (κ2) is 6.74. The van der Waals surface area contributed by atoms with Gasteiger partial charge in [-0.1, -0.05) is 24.3 Å². The monoisotopic (exact) mass is 335 g/mol. The number of nitrogens with zero attached hydrogens (tertiary/aromatic N) is 1. The summed E-state index contributed by atoms with van der Waals surface area (Å²) in [5.74, 6) is -0.434. The summed E-state index contributed by atoms with van der Waals surface area (Å²) in [6.07, 6.45) is -2.68. The van der Waals surface area contributed by atoms with Gasteiger partial charge in [0.05, 0.1) is 22.2 Å². The molecule has 3 atom stereocenters. The Morgan fingerprint density at radius 2 is 2.22 bits per heavy atom. The number of benzene rings is 1. The van der Waals surface area contributed by atoms with Crippen LogP contribution in [-0.4, -0.2) is 40.9 Å². The third kappa shape index (κ3) is 3.41. The number of nitrogens with one attached hydrogen (secondary N) is 2. The van der Waals surface area contributed by atoms with Gasteiger partial charge in [-0.15, -0.1) is 11.3 Å². The van der Waals surface area contributed by atoms with Crippen LogP contribution in [0.2, 0.25) is 0 Å². The summed E-state index contributed by atoms with van der Waals surface area (Å²) < 4.78 is 13.6. The lowest BCUT2D eigenvalue weighted by Gasteiger charge is -2.14. The molecule has 3 unspecified atom stereocenters. The van der Waals surface area contributed by atoms with Crippen molar-refractivity contribution in [3.63, 3.8) is 0 Å². The second-order valence-electron chi connectivity index (χ2n) is 5.58. The quantitative estimate of drug-likeness (QED) is 0.790. The molecule has 1 aromatic heterocycles. The number of hydrogen-bond acceptors (Lipinski definition) is 5. The minimum atomic E-state index is -1.56. The topological polar surface area (TPSA) is 74.2 Å². The highest BCUT2D eigenvalue weighted by Gasteiger charge is 2.39. The van der Waals surface area contributed by atoms with E-state index >= 15 is 0 Å². The van der Waals surface area contributed by atoms with Crippen molar-refractivity contribution in [2.45, 2.75) is 31.8 Å². The van der Waals surface area contributed by atoms with Crippen molar-refractivity contribution in [1.29, 1.82) is 0 Å². The van der Waals surface area contributed by atoms with E-state index < -0.39 is 24.2 Å². The lowest BCUT2D eigenvalue weighted by atomic mass is 10.1. The standard InChI is InChI=1S/C16H18FN3O2S/c1-9-15(23-8-20-9)11-4-2-10(3-5-11)6-19-16(22)14-13(17)12(21)7-18-14/h2-5,8,12-14,18,21H,6-7H2,1H3,(H,19,22). The highest BCUT2D eigenvalue weighted by Crippen LogP contribution is 2.27. The molecular formula is C16H18FN3O2S. The van der Waals surface area contributed by atoms with E-state index in [2.05, 4.69) is 15.6 Å². The summed E-state index contributed by atoms with van der Waals surface area (Å²) in [5.41, 5.74) is 4.83. The van der Waals surface area contributed by atoms with Crippen LogP contribution in [0.25, 0.3) is 10.4 Å². The Morgan fingerprint density at radius 1 is 1.48 bits per heavy atom. The third-order valence-corrected chi connectivity index (χ3v) is 4.92. The molecule has 3 rings (SSSR count). The van der Waals surface area contributed by atoms with E-state index in [9.17, 15) is 14.3 Å². The maximum atomic E-state index is 13.6. The maximum absolute atomic E-state index is 13.6. The number of aryl methyl sites for hydroxylation is 1. The lowest BCUT2D eigenvalue weighted by molar-refractivity contribution is -0.124. The van der Waals surface area contributed by atoms with Crippen LogP contribution in [0.3, 0.4) is 0 Å². The molecule has 1 fully saturated rings. The van der Waals surface area contributed by atoms with Crippen LogP contribution in [-0.2, 0) is 11.3 Å². The first-order chi connectivity index (χ1) is 11.1. The predicted molar refractivity (Wildman–Crippen MR) is 86.8 cm³/mol. The van der Waals surface area contributed by atoms with Gasteiger partial charge in [0.15, 0.2) is 6.17 Å². The summed E-state index contributed by atoms with van der Waals surface area (Å²) in [7, 11) is 0. The first-order valence-corrected chi connectivity index (χ1v) is 8.27. The molecule has 0 bridgehead atoms. The number of halogens is 1. The molecule has 0 spiro atoms. The van der Waals surface area contributed by atoms with E-state index in [4.69, 9.17) is 0 Å². The van der Waals surface area contributed by atoms with Crippen molar-refractivity contribution in [2.24, 2.45) is 0 Å². The first kappa shape index (κ1) is 16.0. The molecule has 1 amide bonds. The Bertz CT molecular complexity index is 689. The van der Waals surface area contributed by atoms with E-state index in [1.807, 2.05) is 36.7 Å². The fourth-order valence-electron chi connectivity index (χ4n) is 2.58. The van der Waals surface area contributed by atoms with Gasteiger partial charge in [0, 0.05) is 13.1 Å². The normalized spacial score (nSPS) is 23.9. The SMILES string of the molecule is Cc1ncsc1-c1ccc(CNC(=O)C2NCC(O)C2F)cc1. The molecule has 2 aromatic rings. The summed E-state index contributed by atoms with van der Waals surface area (Å²) in [6, 6.07) is 6.84. The van der Waals surface area contributed by atoms with Crippen LogP contribution in [0.15, 0.2) is 29.8 Å². The molecule has 0 saturated carbocycles. The summed E-state index contributed by atoms with van der Waals surface area (Å²) in [6.45, 7) is 2.39. The van der Waals surface area contributed by atoms with Crippen molar-refractivity contribution in [2.75, 3.05) is 6.54 Å². The van der Waals surface area contributed by atoms with Crippen molar-refractivity contribution in [1.82, 2.24) is 15.6 Å². The Labute approximate surface area is 137 Å². The van der Waals surface area contributed by atoms with E-state index in [1.54, 1.807) is 11.3 Å². The van der Waals surface area contributed by atoms with Crippen LogP contribution in [0.1, 0.15) is 11.3 Å². The van der Waals surface area contributed by atoms with E-state index in [1.165, 1.54) is 0 Å². The fraction of sp³-hybridized carbons (Fsp3) is 0.375. The molecule has 5 nitrogen and oxygen atoms in total. The average Bonchev–Trinajstić information content (AvgIpc) is 3.12. The molecule has 0 radical (unpaired) electrons. The van der Waals surface area contributed by atoms with Gasteiger partial charge in [-0.05, 0) is 18.1 Å². The zero-order chi connectivity index (χ0) is 16.4. The molecule has 122 valence electrons. The van der Waals surface area contributed by atoms with Crippen molar-refractivity contribution in [3.8, 4) is 10.4 Å². The minimum absolute atomic E-state index is 0.0994. The maximum Gasteiger partial charge on any atom is 0.240 e. The largest absolute Gasteiger partial charge is 0.389 e. The van der Waals surface area contributed by atoms with Gasteiger partial charge in [0.1, 0.15) is 6.04 Å². The number of aromatic nitrogens is 1. The Balaban J connectivity index is 1.59. The number of aliphatic hydroxyl groups excluding tert-OH is 1. The number of carbonyl (C=O) groups is 1. The zero-order valence-corrected chi connectivity index (χ0v) is 13.4. The third-order valence-electron chi connectivity index (χ3n) is 3.94. The van der Waals surface area contributed by atoms with Crippen LogP contribution < -0.4 is 10.6 Å². The highest BCUT2D eigenvalue weighted by molar-refractivity contribution is 7.13. The second-order valence-corrected chi connectivity index (χ2v) is 6.43. The van der Waals surface area contributed by atoms with Crippen LogP contribution in [0.5, 0.6) is 0 Å². The summed E-state index contributed by atoms with van der Waals surface area (Å²) in [4.78, 5) is 17.3. The molecule has 23 heavy (non-hydrogen) atoms. The van der Waals surface area contributed by atoms with Gasteiger partial charge in [-0.2, -0.15) is 0 Å². The van der Waals surface area contributed by atoms with Crippen molar-refractivity contribution >= 4 is 17.2 Å². The van der Waals surface area contributed by atoms with Crippen molar-refractivity contribution < 1.29 is 14.3 Å². The summed E-state index contributed by atoms with van der Waals surface area (Å²) in [5, 5.41) is 14.7. The fourth-order valence-corrected chi connectivity index (χ4v) is 3.40. The number of rotatable bonds is 4. The van der Waals surface area contributed by atoms with Gasteiger partial charge >= 0.3 is 0 Å². The van der Waals surface area contributed by atoms with E-state index in [0.29, 0.717) is 6.54 Å². The smallest absolute Gasteiger partial charge is 0.240 e. The molecule has 7 heteroatoms. The number of carbonyl (C=O) groups excluding carboxylic acids is 1. The molecule has 3 N–H and O–H groups in total. The van der Waals surface area contributed by atoms with Crippen LogP contribution in [0, 0.1) is 6.92 Å². The van der Waals surface area contributed by atoms with Gasteiger partial charge < -0.3 is 15.7 Å². The van der Waals surface area contributed by atoms with Gasteiger partial charge in [-0.25, -0.2) is 9.37 Å². The average molecular weight is 335 g/mol. The molecule has 2 heterocycles. The van der Waals surface area contributed by atoms with Gasteiger partial charge in [0.2, 0.25) is 5.91 Å². The Kier molecular flexibility index (Phi) is 4.70. The van der Waals surface area contributed by atoms with Crippen LogP contribution >= 0.6 is 11.3 Å². The number of amides is 1. The lowest BCUT2D eigenvalue weighted by Crippen LogP contribution is -2.45. The number of β-amino-alcohol motifs (C(OH)–C–C–N with tert-alkyl or cyclic N) is 1. The molecule has 0 aliphatic carbocycles. The molecule has 1 aliphatic rings. The van der Waals surface area contributed by atoms with E-state index in [0.717, 1.165) is 21.7 Å². The molecule has 1 aromatic carbocycles. The van der Waals surface area contributed by atoms with Gasteiger partial charge in [-0.3, -0.25) is 4.79 Å². The Hall–Kier alpha value is -1.83. The summed E-state index contributed by atoms with van der Waals surface area (Å²) >= 11 is 1.59. The molecule has 1 aliphatic heterocycles. The zero-order valence-electron chi connectivity index (χ0n) is 12.6. The van der Waals surface area contributed by atoms with Gasteiger partial charge in [0.25, 0.3) is 0 Å². The minimum Gasteiger partial charge on any atom is -0.389 e. The number of hydrogen-bond donors (Lipinski definition) is 3. The van der Waals surface area contributed by atoms with E-state index in [-0.39, 0.29) is 6.54 Å². The number of alkyl halides is 1.